The molecule has 0 aromatic carbocycles. The number of Topliss-reactive ketones (excluding diaryl/α,β-unsaturated/α-hetero) is 3. The number of halogens is 1. The van der Waals surface area contributed by atoms with E-state index in [1.54, 1.807) is 45.6 Å². The summed E-state index contributed by atoms with van der Waals surface area (Å²) in [6, 6.07) is -1.17. The zero-order chi connectivity index (χ0) is 55.3. The van der Waals surface area contributed by atoms with Crippen LogP contribution in [-0.2, 0) is 63.7 Å². The lowest BCUT2D eigenvalue weighted by Crippen LogP contribution is -3.00. The largest absolute Gasteiger partial charge is 1.00 e. The standard InChI is InChI=1S/C58H87N2O14S.BrH/c1-34-18-14-13-15-19-35(2)48(69-10)30-44-23-21-40(7)58(68,74-44)55(65)56(66)60-25-17-16-20-45(60)57(67)72-49(37(4)28-43-22-24-46(61)50(29-43)70-11)31-47(62)36(3)27-39(6)53(54(71-12)52(64)38(5)26-34)73-51(63)32-59-33-75-42(9)41(59)8;/h13-15,18-19,27,33-34,36-38,40,43-46,48-50,53-54,61,68H,16-17,20-26,28-32H2,1-12H3;1H/q+1;/p-1/b15-13+,18-14+,35-19+,39-27+;/t34-,36-,37-,38-,40-,43+,44+,45+,46-,48+,49+,50-,53-,54+,58-;/m1./s1. The third-order valence-corrected chi connectivity index (χ3v) is 17.3. The van der Waals surface area contributed by atoms with Crippen molar-refractivity contribution >= 4 is 46.5 Å². The average Bonchev–Trinajstić information content (AvgIpc) is 3.69. The van der Waals surface area contributed by atoms with Crippen molar-refractivity contribution in [3.63, 3.8) is 0 Å². The maximum Gasteiger partial charge on any atom is 0.373 e. The van der Waals surface area contributed by atoms with Crippen LogP contribution >= 0.6 is 11.3 Å². The van der Waals surface area contributed by atoms with Gasteiger partial charge in [0.25, 0.3) is 11.7 Å². The number of hydrogen-bond donors (Lipinski definition) is 2. The van der Waals surface area contributed by atoms with Gasteiger partial charge in [0.1, 0.15) is 17.9 Å². The molecule has 2 N–H and O–H groups in total. The van der Waals surface area contributed by atoms with Gasteiger partial charge in [0.05, 0.1) is 29.3 Å². The number of carbonyl (C=O) groups is 6. The number of carbonyl (C=O) groups excluding carboxylic acids is 6. The highest BCUT2D eigenvalue weighted by molar-refractivity contribution is 7.09. The highest BCUT2D eigenvalue weighted by Crippen LogP contribution is 2.38. The molecule has 1 aliphatic carbocycles. The number of fused-ring (bicyclic) bond motifs is 3. The molecule has 3 aliphatic heterocycles. The normalized spacial score (nSPS) is 36.1. The van der Waals surface area contributed by atoms with Crippen LogP contribution in [0, 0.1) is 49.4 Å². The van der Waals surface area contributed by atoms with Crippen molar-refractivity contribution in [2.75, 3.05) is 27.9 Å². The van der Waals surface area contributed by atoms with Crippen molar-refractivity contribution in [2.24, 2.45) is 35.5 Å². The van der Waals surface area contributed by atoms with Gasteiger partial charge in [0.15, 0.2) is 23.7 Å². The molecule has 4 aliphatic rings. The Morgan fingerprint density at radius 2 is 1.61 bits per heavy atom. The van der Waals surface area contributed by atoms with Crippen molar-refractivity contribution in [3.8, 4) is 0 Å². The van der Waals surface area contributed by atoms with Gasteiger partial charge in [-0.05, 0) is 114 Å². The van der Waals surface area contributed by atoms with E-state index >= 15 is 0 Å². The van der Waals surface area contributed by atoms with Crippen molar-refractivity contribution < 1.29 is 89.0 Å². The zero-order valence-corrected chi connectivity index (χ0v) is 49.4. The molecule has 426 valence electrons. The molecule has 0 spiro atoms. The minimum Gasteiger partial charge on any atom is -1.00 e. The van der Waals surface area contributed by atoms with Crippen LogP contribution in [0.3, 0.4) is 0 Å². The van der Waals surface area contributed by atoms with E-state index in [1.807, 2.05) is 77.4 Å². The first-order valence-electron chi connectivity index (χ1n) is 27.2. The van der Waals surface area contributed by atoms with Crippen molar-refractivity contribution in [2.45, 2.75) is 200 Å². The van der Waals surface area contributed by atoms with E-state index in [4.69, 9.17) is 28.4 Å². The van der Waals surface area contributed by atoms with Crippen LogP contribution in [0.4, 0.5) is 0 Å². The van der Waals surface area contributed by atoms with Crippen LogP contribution in [0.15, 0.2) is 53.1 Å². The number of ether oxygens (including phenoxy) is 6. The number of aryl methyl sites for hydroxylation is 1. The van der Waals surface area contributed by atoms with Gasteiger partial charge in [-0.2, -0.15) is 4.57 Å². The molecule has 16 nitrogen and oxygen atoms in total. The maximum atomic E-state index is 14.6. The van der Waals surface area contributed by atoms with E-state index in [0.717, 1.165) is 16.1 Å². The topological polar surface area (TPSA) is 205 Å². The quantitative estimate of drug-likeness (QED) is 0.152. The van der Waals surface area contributed by atoms with E-state index < -0.39 is 89.8 Å². The van der Waals surface area contributed by atoms with Crippen LogP contribution in [0.1, 0.15) is 136 Å². The second-order valence-electron chi connectivity index (χ2n) is 22.0. The van der Waals surface area contributed by atoms with E-state index in [1.165, 1.54) is 23.3 Å². The fourth-order valence-corrected chi connectivity index (χ4v) is 12.0. The number of amides is 1. The predicted molar refractivity (Wildman–Crippen MR) is 283 cm³/mol. The van der Waals surface area contributed by atoms with Crippen LogP contribution in [-0.4, -0.2) is 133 Å². The Hall–Kier alpha value is -3.75. The molecule has 5 rings (SSSR count). The van der Waals surface area contributed by atoms with Crippen LogP contribution in [0.2, 0.25) is 0 Å². The van der Waals surface area contributed by atoms with Gasteiger partial charge in [-0.3, -0.25) is 19.2 Å². The lowest BCUT2D eigenvalue weighted by Gasteiger charge is -2.42. The van der Waals surface area contributed by atoms with Crippen molar-refractivity contribution in [1.82, 2.24) is 4.90 Å². The number of hydrogen-bond acceptors (Lipinski definition) is 15. The van der Waals surface area contributed by atoms with E-state index in [0.29, 0.717) is 69.8 Å². The summed E-state index contributed by atoms with van der Waals surface area (Å²) in [4.78, 5) is 88.4. The molecule has 0 unspecified atom stereocenters. The fourth-order valence-electron chi connectivity index (χ4n) is 11.2. The molecule has 1 aromatic heterocycles. The monoisotopic (exact) mass is 1150 g/mol. The highest BCUT2D eigenvalue weighted by atomic mass is 79.9. The highest BCUT2D eigenvalue weighted by Gasteiger charge is 2.53. The Kier molecular flexibility index (Phi) is 25.6. The molecular formula is C58H87BrN2O14S. The summed E-state index contributed by atoms with van der Waals surface area (Å²) in [7, 11) is 4.54. The third-order valence-electron chi connectivity index (χ3n) is 16.3. The minimum absolute atomic E-state index is 0. The number of nitrogens with zero attached hydrogens (tertiary/aromatic N) is 2. The first-order chi connectivity index (χ1) is 35.5. The predicted octanol–water partition coefficient (Wildman–Crippen LogP) is 4.40. The average molecular weight is 1150 g/mol. The summed E-state index contributed by atoms with van der Waals surface area (Å²) in [5.41, 5.74) is 4.04. The molecule has 2 saturated heterocycles. The number of aliphatic hydroxyl groups is 2. The Labute approximate surface area is 465 Å². The summed E-state index contributed by atoms with van der Waals surface area (Å²) < 4.78 is 37.9. The fraction of sp³-hybridized carbons (Fsp3) is 0.707. The van der Waals surface area contributed by atoms with Crippen molar-refractivity contribution in [3.05, 3.63) is 63.7 Å². The number of aromatic nitrogens is 1. The molecule has 15 atom stereocenters. The SMILES string of the molecule is CO[C@H]1C[C@@H]2CC[C@@H](C)[C@@](O)(O2)C(=O)C(=O)N2CCCC[C@H]2C(=O)O[C@H]([C@H](C)C[C@@H]2CC[C@@H](O)[C@H](OC)C2)CC(=O)[C@H](C)/C=C(\C)[C@@H](OC(=O)C[n+]2csc(C)c2C)[C@@H](OC)C(=O)[C@H](C)C[C@H](C)/C=C/C=C/C=C/1C.[Br-]. The molecule has 3 fully saturated rings. The second-order valence-corrected chi connectivity index (χ2v) is 23.1. The number of rotatable bonds is 9. The lowest BCUT2D eigenvalue weighted by molar-refractivity contribution is -0.687. The lowest BCUT2D eigenvalue weighted by atomic mass is 9.78. The molecule has 0 radical (unpaired) electrons. The number of esters is 2. The smallest absolute Gasteiger partial charge is 0.373 e. The zero-order valence-electron chi connectivity index (χ0n) is 47.0. The van der Waals surface area contributed by atoms with E-state index in [2.05, 4.69) is 0 Å². The molecule has 4 heterocycles. The Morgan fingerprint density at radius 3 is 2.26 bits per heavy atom. The number of ketones is 3. The minimum atomic E-state index is -2.45. The number of aliphatic hydroxyl groups excluding tert-OH is 1. The molecule has 1 saturated carbocycles. The first kappa shape index (κ1) is 64.8. The molecular weight excluding hydrogens is 1060 g/mol. The summed E-state index contributed by atoms with van der Waals surface area (Å²) in [6.07, 6.45) is 10.9. The van der Waals surface area contributed by atoms with Crippen LogP contribution in [0.5, 0.6) is 0 Å². The Balaban J connectivity index is 0.0000125. The van der Waals surface area contributed by atoms with Gasteiger partial charge in [0, 0.05) is 65.4 Å². The van der Waals surface area contributed by atoms with Gasteiger partial charge in [-0.15, -0.1) is 0 Å². The van der Waals surface area contributed by atoms with Gasteiger partial charge in [-0.25, -0.2) is 9.59 Å². The van der Waals surface area contributed by atoms with Gasteiger partial charge in [-0.1, -0.05) is 82.4 Å². The van der Waals surface area contributed by atoms with Gasteiger partial charge in [0.2, 0.25) is 17.8 Å². The van der Waals surface area contributed by atoms with E-state index in [9.17, 15) is 39.0 Å². The summed E-state index contributed by atoms with van der Waals surface area (Å²) in [6.45, 7) is 16.6. The van der Waals surface area contributed by atoms with Gasteiger partial charge >= 0.3 is 11.9 Å². The van der Waals surface area contributed by atoms with E-state index in [-0.39, 0.29) is 78.3 Å². The number of cyclic esters (lactones) is 1. The first-order valence-corrected chi connectivity index (χ1v) is 28.0. The molecule has 1 aromatic rings. The van der Waals surface area contributed by atoms with Crippen LogP contribution in [0.25, 0.3) is 0 Å². The summed E-state index contributed by atoms with van der Waals surface area (Å²) >= 11 is 1.50. The molecule has 18 heteroatoms. The summed E-state index contributed by atoms with van der Waals surface area (Å²) in [5.74, 6) is -8.94. The third kappa shape index (κ3) is 16.9. The molecule has 76 heavy (non-hydrogen) atoms. The van der Waals surface area contributed by atoms with Gasteiger partial charge < -0.3 is 60.5 Å². The molecule has 2 bridgehead atoms. The number of allylic oxidation sites excluding steroid dienone is 6. The Bertz CT molecular complexity index is 2280. The van der Waals surface area contributed by atoms with Crippen LogP contribution < -0.4 is 21.5 Å². The Morgan fingerprint density at radius 1 is 0.882 bits per heavy atom. The second kappa shape index (κ2) is 30.0. The van der Waals surface area contributed by atoms with Crippen molar-refractivity contribution in [1.29, 1.82) is 0 Å². The summed E-state index contributed by atoms with van der Waals surface area (Å²) in [5, 5.41) is 22.6. The number of methoxy groups -OCH3 is 3. The maximum absolute atomic E-state index is 14.6. The molecule has 1 amide bonds. The number of piperidine rings is 1. The number of thiazole rings is 1.